The van der Waals surface area contributed by atoms with Gasteiger partial charge in [-0.15, -0.1) is 0 Å². The fourth-order valence-corrected chi connectivity index (χ4v) is 3.24. The van der Waals surface area contributed by atoms with E-state index < -0.39 is 24.3 Å². The maximum Gasteiger partial charge on any atom is 0.412 e. The molecule has 0 saturated carbocycles. The average molecular weight is 421 g/mol. The van der Waals surface area contributed by atoms with Crippen LogP contribution >= 0.6 is 0 Å². The molecule has 7 heteroatoms. The number of aliphatic carboxylic acids is 1. The van der Waals surface area contributed by atoms with Gasteiger partial charge in [0, 0.05) is 29.8 Å². The normalized spacial score (nSPS) is 13.1. The molecule has 3 aromatic carbocycles. The van der Waals surface area contributed by atoms with Crippen LogP contribution in [-0.4, -0.2) is 35.5 Å². The second-order valence-corrected chi connectivity index (χ2v) is 6.93. The van der Waals surface area contributed by atoms with Gasteiger partial charge in [-0.05, 0) is 36.6 Å². The van der Waals surface area contributed by atoms with Crippen molar-refractivity contribution < 1.29 is 29.3 Å². The Balaban J connectivity index is 1.99. The molecule has 0 heterocycles. The number of methoxy groups -OCH3 is 1. The number of carboxylic acids is 1. The van der Waals surface area contributed by atoms with Crippen molar-refractivity contribution >= 4 is 28.5 Å². The molecule has 0 aliphatic heterocycles. The molecular formula is C24H23NO6. The Hall–Kier alpha value is -3.84. The number of fused-ring (bicyclic) bond motifs is 1. The third kappa shape index (κ3) is 5.40. The van der Waals surface area contributed by atoms with Crippen molar-refractivity contribution in [3.05, 3.63) is 83.9 Å². The van der Waals surface area contributed by atoms with Gasteiger partial charge in [0.2, 0.25) is 0 Å². The maximum absolute atomic E-state index is 12.7. The molecule has 0 radical (unpaired) electrons. The quantitative estimate of drug-likeness (QED) is 0.473. The first-order valence-corrected chi connectivity index (χ1v) is 9.58. The molecule has 0 spiro atoms. The summed E-state index contributed by atoms with van der Waals surface area (Å²) < 4.78 is 11.1. The number of amides is 1. The Morgan fingerprint density at radius 1 is 1.00 bits per heavy atom. The molecule has 0 unspecified atom stereocenters. The standard InChI is InChI=1S/C24H23NO6/c1-15-7-9-16(10-8-15)25-24(29)31-23(21(30-2)13-14-22(27)28)19-11-12-20(26)18-6-4-3-5-17(18)19/h3-14,21,23,26H,1-2H3,(H,25,29)(H,27,28)/b14-13+/t21-,23-/m1/s1. The SMILES string of the molecule is CO[C@H](/C=C/C(=O)O)[C@H](OC(=O)Nc1ccc(C)cc1)c1ccc(O)c2ccccc12. The van der Waals surface area contributed by atoms with E-state index in [0.29, 0.717) is 22.0 Å². The van der Waals surface area contributed by atoms with E-state index in [9.17, 15) is 14.7 Å². The predicted molar refractivity (Wildman–Crippen MR) is 117 cm³/mol. The van der Waals surface area contributed by atoms with Crippen molar-refractivity contribution in [1.82, 2.24) is 0 Å². The van der Waals surface area contributed by atoms with Gasteiger partial charge < -0.3 is 19.7 Å². The average Bonchev–Trinajstić information content (AvgIpc) is 2.75. The van der Waals surface area contributed by atoms with Gasteiger partial charge in [0.25, 0.3) is 0 Å². The van der Waals surface area contributed by atoms with Crippen LogP contribution in [0.25, 0.3) is 10.8 Å². The van der Waals surface area contributed by atoms with Crippen molar-refractivity contribution in [2.24, 2.45) is 0 Å². The second kappa shape index (κ2) is 9.77. The van der Waals surface area contributed by atoms with Gasteiger partial charge in [-0.1, -0.05) is 48.0 Å². The zero-order chi connectivity index (χ0) is 22.4. The topological polar surface area (TPSA) is 105 Å². The summed E-state index contributed by atoms with van der Waals surface area (Å²) in [7, 11) is 1.40. The van der Waals surface area contributed by atoms with Crippen LogP contribution in [0.15, 0.2) is 72.8 Å². The van der Waals surface area contributed by atoms with Crippen LogP contribution in [0.2, 0.25) is 0 Å². The number of carboxylic acid groups (broad SMARTS) is 1. The third-order valence-electron chi connectivity index (χ3n) is 4.77. The molecule has 160 valence electrons. The molecule has 3 N–H and O–H groups in total. The molecule has 0 saturated heterocycles. The van der Waals surface area contributed by atoms with E-state index in [4.69, 9.17) is 14.6 Å². The summed E-state index contributed by atoms with van der Waals surface area (Å²) in [6.45, 7) is 1.94. The van der Waals surface area contributed by atoms with E-state index in [0.717, 1.165) is 11.6 Å². The van der Waals surface area contributed by atoms with Gasteiger partial charge in [0.05, 0.1) is 0 Å². The number of carbonyl (C=O) groups is 2. The number of aryl methyl sites for hydroxylation is 1. The van der Waals surface area contributed by atoms with Crippen LogP contribution in [0.1, 0.15) is 17.2 Å². The Morgan fingerprint density at radius 2 is 1.68 bits per heavy atom. The van der Waals surface area contributed by atoms with Crippen LogP contribution in [0.4, 0.5) is 10.5 Å². The largest absolute Gasteiger partial charge is 0.507 e. The number of phenolic OH excluding ortho intramolecular Hbond substituents is 1. The molecule has 0 bridgehead atoms. The molecule has 0 aliphatic rings. The number of aromatic hydroxyl groups is 1. The fraction of sp³-hybridized carbons (Fsp3) is 0.167. The smallest absolute Gasteiger partial charge is 0.412 e. The van der Waals surface area contributed by atoms with Crippen LogP contribution in [-0.2, 0) is 14.3 Å². The van der Waals surface area contributed by atoms with Crippen molar-refractivity contribution in [2.45, 2.75) is 19.1 Å². The molecule has 7 nitrogen and oxygen atoms in total. The van der Waals surface area contributed by atoms with Crippen LogP contribution in [0.3, 0.4) is 0 Å². The number of anilines is 1. The molecule has 3 aromatic rings. The summed E-state index contributed by atoms with van der Waals surface area (Å²) in [4.78, 5) is 23.7. The van der Waals surface area contributed by atoms with E-state index in [1.54, 1.807) is 42.5 Å². The van der Waals surface area contributed by atoms with E-state index in [2.05, 4.69) is 5.32 Å². The monoisotopic (exact) mass is 421 g/mol. The Bertz CT molecular complexity index is 1110. The second-order valence-electron chi connectivity index (χ2n) is 6.93. The van der Waals surface area contributed by atoms with Gasteiger partial charge in [-0.3, -0.25) is 5.32 Å². The lowest BCUT2D eigenvalue weighted by Crippen LogP contribution is -2.27. The minimum Gasteiger partial charge on any atom is -0.507 e. The predicted octanol–water partition coefficient (Wildman–Crippen LogP) is 4.80. The van der Waals surface area contributed by atoms with Crippen molar-refractivity contribution in [2.75, 3.05) is 12.4 Å². The number of carbonyl (C=O) groups excluding carboxylic acids is 1. The van der Waals surface area contributed by atoms with Gasteiger partial charge in [-0.2, -0.15) is 0 Å². The highest BCUT2D eigenvalue weighted by Crippen LogP contribution is 2.35. The van der Waals surface area contributed by atoms with Crippen molar-refractivity contribution in [1.29, 1.82) is 0 Å². The molecule has 0 aromatic heterocycles. The first kappa shape index (κ1) is 21.9. The number of hydrogen-bond donors (Lipinski definition) is 3. The van der Waals surface area contributed by atoms with E-state index in [-0.39, 0.29) is 5.75 Å². The number of rotatable bonds is 7. The highest BCUT2D eigenvalue weighted by molar-refractivity contribution is 5.92. The summed E-state index contributed by atoms with van der Waals surface area (Å²) in [5.74, 6) is -1.07. The number of phenols is 1. The van der Waals surface area contributed by atoms with Crippen LogP contribution in [0, 0.1) is 6.92 Å². The molecule has 2 atom stereocenters. The van der Waals surface area contributed by atoms with Crippen molar-refractivity contribution in [3.8, 4) is 5.75 Å². The summed E-state index contributed by atoms with van der Waals surface area (Å²) in [6.07, 6.45) is -0.333. The zero-order valence-electron chi connectivity index (χ0n) is 17.1. The highest BCUT2D eigenvalue weighted by Gasteiger charge is 2.28. The maximum atomic E-state index is 12.7. The molecule has 0 aliphatic carbocycles. The summed E-state index contributed by atoms with van der Waals surface area (Å²) in [5, 5.41) is 23.1. The number of nitrogens with one attached hydrogen (secondary N) is 1. The molecule has 1 amide bonds. The summed E-state index contributed by atoms with van der Waals surface area (Å²) in [6, 6.07) is 17.4. The van der Waals surface area contributed by atoms with Crippen LogP contribution < -0.4 is 5.32 Å². The lowest BCUT2D eigenvalue weighted by atomic mass is 9.96. The third-order valence-corrected chi connectivity index (χ3v) is 4.77. The lowest BCUT2D eigenvalue weighted by Gasteiger charge is -2.25. The van der Waals surface area contributed by atoms with E-state index >= 15 is 0 Å². The molecule has 31 heavy (non-hydrogen) atoms. The Morgan fingerprint density at radius 3 is 2.32 bits per heavy atom. The van der Waals surface area contributed by atoms with Crippen molar-refractivity contribution in [3.63, 3.8) is 0 Å². The zero-order valence-corrected chi connectivity index (χ0v) is 17.1. The van der Waals surface area contributed by atoms with Gasteiger partial charge in [0.15, 0.2) is 6.10 Å². The minimum atomic E-state index is -1.15. The number of hydrogen-bond acceptors (Lipinski definition) is 5. The number of ether oxygens (including phenoxy) is 2. The summed E-state index contributed by atoms with van der Waals surface area (Å²) in [5.41, 5.74) is 2.17. The summed E-state index contributed by atoms with van der Waals surface area (Å²) >= 11 is 0. The molecular weight excluding hydrogens is 398 g/mol. The lowest BCUT2D eigenvalue weighted by molar-refractivity contribution is -0.131. The minimum absolute atomic E-state index is 0.0808. The van der Waals surface area contributed by atoms with Gasteiger partial charge in [0.1, 0.15) is 11.9 Å². The Labute approximate surface area is 179 Å². The first-order valence-electron chi connectivity index (χ1n) is 9.58. The van der Waals surface area contributed by atoms with Gasteiger partial charge >= 0.3 is 12.1 Å². The van der Waals surface area contributed by atoms with E-state index in [1.807, 2.05) is 19.1 Å². The van der Waals surface area contributed by atoms with Crippen LogP contribution in [0.5, 0.6) is 5.75 Å². The fourth-order valence-electron chi connectivity index (χ4n) is 3.24. The number of benzene rings is 3. The molecule has 3 rings (SSSR count). The Kier molecular flexibility index (Phi) is 6.89. The highest BCUT2D eigenvalue weighted by atomic mass is 16.6. The molecule has 0 fully saturated rings. The van der Waals surface area contributed by atoms with Gasteiger partial charge in [-0.25, -0.2) is 9.59 Å². The van der Waals surface area contributed by atoms with E-state index in [1.165, 1.54) is 19.3 Å². The first-order chi connectivity index (χ1) is 14.9.